The number of H-pyrrole nitrogens is 1. The zero-order chi connectivity index (χ0) is 32.3. The lowest BCUT2D eigenvalue weighted by atomic mass is 9.72. The molecular formula is C38H42ClN5O3. The first-order valence-corrected chi connectivity index (χ1v) is 17.4. The summed E-state index contributed by atoms with van der Waals surface area (Å²) in [4.78, 5) is 27.8. The van der Waals surface area contributed by atoms with Gasteiger partial charge in [0.1, 0.15) is 17.4 Å². The molecule has 47 heavy (non-hydrogen) atoms. The molecule has 1 saturated carbocycles. The Morgan fingerprint density at radius 2 is 1.85 bits per heavy atom. The molecule has 2 aliphatic heterocycles. The molecule has 2 atom stereocenters. The van der Waals surface area contributed by atoms with E-state index in [0.717, 1.165) is 97.9 Å². The van der Waals surface area contributed by atoms with Gasteiger partial charge in [-0.1, -0.05) is 43.2 Å². The summed E-state index contributed by atoms with van der Waals surface area (Å²) in [6.07, 6.45) is 8.18. The van der Waals surface area contributed by atoms with E-state index in [0.29, 0.717) is 16.9 Å². The minimum atomic E-state index is -0.921. The summed E-state index contributed by atoms with van der Waals surface area (Å²) in [5.74, 6) is -0.355. The van der Waals surface area contributed by atoms with Crippen LogP contribution < -0.4 is 14.5 Å². The van der Waals surface area contributed by atoms with Crippen molar-refractivity contribution < 1.29 is 14.6 Å². The first-order valence-electron chi connectivity index (χ1n) is 17.0. The van der Waals surface area contributed by atoms with Crippen LogP contribution in [0.2, 0.25) is 5.02 Å². The Morgan fingerprint density at radius 3 is 2.64 bits per heavy atom. The number of halogens is 1. The molecule has 2 N–H and O–H groups in total. The van der Waals surface area contributed by atoms with Crippen LogP contribution in [0.15, 0.2) is 66.4 Å². The van der Waals surface area contributed by atoms with Gasteiger partial charge in [0, 0.05) is 55.0 Å². The monoisotopic (exact) mass is 651 g/mol. The fourth-order valence-corrected chi connectivity index (χ4v) is 8.30. The van der Waals surface area contributed by atoms with Gasteiger partial charge in [0.2, 0.25) is 5.88 Å². The number of hydrogen-bond donors (Lipinski definition) is 2. The largest absolute Gasteiger partial charge is 0.478 e. The third-order valence-electron chi connectivity index (χ3n) is 10.8. The van der Waals surface area contributed by atoms with Gasteiger partial charge in [-0.15, -0.1) is 0 Å². The van der Waals surface area contributed by atoms with E-state index in [9.17, 15) is 9.90 Å². The van der Waals surface area contributed by atoms with Gasteiger partial charge in [0.25, 0.3) is 0 Å². The minimum Gasteiger partial charge on any atom is -0.478 e. The van der Waals surface area contributed by atoms with Gasteiger partial charge in [0.15, 0.2) is 0 Å². The molecule has 2 aliphatic carbocycles. The van der Waals surface area contributed by atoms with E-state index < -0.39 is 5.97 Å². The molecule has 0 spiro atoms. The van der Waals surface area contributed by atoms with Gasteiger partial charge in [-0.2, -0.15) is 4.98 Å². The summed E-state index contributed by atoms with van der Waals surface area (Å²) in [5, 5.41) is 12.1. The topological polar surface area (TPSA) is 84.9 Å². The van der Waals surface area contributed by atoms with Crippen molar-refractivity contribution >= 4 is 51.2 Å². The number of hydrogen-bond acceptors (Lipinski definition) is 6. The Hall–Kier alpha value is -4.01. The highest BCUT2D eigenvalue weighted by atomic mass is 35.5. The number of allylic oxidation sites excluding steroid dienone is 1. The predicted molar refractivity (Wildman–Crippen MR) is 188 cm³/mol. The van der Waals surface area contributed by atoms with Gasteiger partial charge in [-0.25, -0.2) is 4.79 Å². The maximum absolute atomic E-state index is 12.6. The maximum Gasteiger partial charge on any atom is 0.337 e. The van der Waals surface area contributed by atoms with Gasteiger partial charge < -0.3 is 24.6 Å². The van der Waals surface area contributed by atoms with Crippen LogP contribution in [0.5, 0.6) is 5.88 Å². The number of carbonyl (C=O) groups is 1. The first-order chi connectivity index (χ1) is 22.7. The van der Waals surface area contributed by atoms with Crippen LogP contribution in [0, 0.1) is 5.41 Å². The third-order valence-corrected chi connectivity index (χ3v) is 11.0. The third kappa shape index (κ3) is 5.76. The number of benzene rings is 2. The number of carboxylic acid groups (broad SMARTS) is 1. The number of anilines is 3. The van der Waals surface area contributed by atoms with E-state index in [2.05, 4.69) is 57.8 Å². The molecule has 4 aliphatic rings. The van der Waals surface area contributed by atoms with Crippen molar-refractivity contribution in [1.29, 1.82) is 0 Å². The molecule has 9 heteroatoms. The number of carboxylic acids is 1. The maximum atomic E-state index is 12.6. The molecule has 0 amide bonds. The number of nitrogens with one attached hydrogen (secondary N) is 1. The van der Waals surface area contributed by atoms with E-state index in [1.165, 1.54) is 17.6 Å². The van der Waals surface area contributed by atoms with Crippen molar-refractivity contribution in [3.8, 4) is 5.88 Å². The summed E-state index contributed by atoms with van der Waals surface area (Å²) in [6, 6.07) is 18.4. The van der Waals surface area contributed by atoms with Crippen LogP contribution in [-0.4, -0.2) is 70.8 Å². The van der Waals surface area contributed by atoms with Crippen molar-refractivity contribution in [3.63, 3.8) is 0 Å². The molecule has 0 bridgehead atoms. The molecule has 2 aromatic heterocycles. The number of pyridine rings is 1. The molecule has 8 nitrogen and oxygen atoms in total. The second kappa shape index (κ2) is 11.9. The van der Waals surface area contributed by atoms with E-state index in [1.807, 2.05) is 30.5 Å². The Morgan fingerprint density at radius 1 is 1.04 bits per heavy atom. The summed E-state index contributed by atoms with van der Waals surface area (Å²) in [6.45, 7) is 9.42. The number of nitrogens with zero attached hydrogens (tertiary/aromatic N) is 4. The highest BCUT2D eigenvalue weighted by molar-refractivity contribution is 6.30. The summed E-state index contributed by atoms with van der Waals surface area (Å²) in [7, 11) is 0. The average Bonchev–Trinajstić information content (AvgIpc) is 3.73. The van der Waals surface area contributed by atoms with Gasteiger partial charge in [0.05, 0.1) is 17.3 Å². The molecule has 8 rings (SSSR count). The van der Waals surface area contributed by atoms with Crippen LogP contribution in [0.3, 0.4) is 0 Å². The molecule has 0 radical (unpaired) electrons. The molecule has 244 valence electrons. The summed E-state index contributed by atoms with van der Waals surface area (Å²) < 4.78 is 6.41. The van der Waals surface area contributed by atoms with Crippen molar-refractivity contribution in [2.45, 2.75) is 64.5 Å². The second-order valence-corrected chi connectivity index (χ2v) is 14.9. The fourth-order valence-electron chi connectivity index (χ4n) is 8.18. The SMILES string of the molecule is CC1(C)CCC(CN2CCN(c3ccc(C(=O)O)c(N4c5cc6cc[nH]c6nc5O[C@@H]5CCC[C@H]54)c3)CC2)=C(c2ccc(Cl)cc2)C1. The lowest BCUT2D eigenvalue weighted by Crippen LogP contribution is -2.47. The van der Waals surface area contributed by atoms with E-state index in [-0.39, 0.29) is 12.1 Å². The summed E-state index contributed by atoms with van der Waals surface area (Å²) in [5.41, 5.74) is 8.32. The number of aromatic nitrogens is 2. The molecule has 0 unspecified atom stereocenters. The minimum absolute atomic E-state index is 0.0197. The van der Waals surface area contributed by atoms with E-state index in [1.54, 1.807) is 11.6 Å². The van der Waals surface area contributed by atoms with Crippen LogP contribution >= 0.6 is 11.6 Å². The van der Waals surface area contributed by atoms with E-state index in [4.69, 9.17) is 21.3 Å². The standard InChI is InChI=1S/C38H42ClN5O3/c1-38(2)14-12-26(30(22-38)24-6-8-27(39)9-7-24)23-42-16-18-43(19-17-42)28-10-11-29(37(45)46)32(21-28)44-31-4-3-5-34(31)47-36-33(44)20-25-13-15-40-35(25)41-36/h6-11,13,15,20-21,31,34H,3-5,12,14,16-19,22-23H2,1-2H3,(H,40,41)(H,45,46)/t31-,34-/m1/s1. The van der Waals surface area contributed by atoms with Crippen molar-refractivity contribution in [2.75, 3.05) is 42.5 Å². The number of aromatic carboxylic acids is 1. The Labute approximate surface area is 281 Å². The fraction of sp³-hybridized carbons (Fsp3) is 0.421. The zero-order valence-corrected chi connectivity index (χ0v) is 27.9. The van der Waals surface area contributed by atoms with Crippen molar-refractivity contribution in [3.05, 3.63) is 82.5 Å². The number of rotatable bonds is 6. The summed E-state index contributed by atoms with van der Waals surface area (Å²) >= 11 is 6.23. The lowest BCUT2D eigenvalue weighted by molar-refractivity contribution is 0.0697. The molecular weight excluding hydrogens is 610 g/mol. The predicted octanol–water partition coefficient (Wildman–Crippen LogP) is 8.15. The van der Waals surface area contributed by atoms with Gasteiger partial charge in [-0.05, 0) is 97.5 Å². The van der Waals surface area contributed by atoms with Crippen LogP contribution in [0.1, 0.15) is 68.3 Å². The van der Waals surface area contributed by atoms with Crippen LogP contribution in [0.4, 0.5) is 17.1 Å². The van der Waals surface area contributed by atoms with Crippen LogP contribution in [0.25, 0.3) is 16.6 Å². The number of fused-ring (bicyclic) bond motifs is 3. The van der Waals surface area contributed by atoms with Gasteiger partial charge >= 0.3 is 5.97 Å². The molecule has 2 aromatic carbocycles. The zero-order valence-electron chi connectivity index (χ0n) is 27.1. The van der Waals surface area contributed by atoms with E-state index >= 15 is 0 Å². The normalized spacial score (nSPS) is 22.7. The Kier molecular flexibility index (Phi) is 7.68. The highest BCUT2D eigenvalue weighted by Crippen LogP contribution is 2.48. The second-order valence-electron chi connectivity index (χ2n) is 14.5. The average molecular weight is 652 g/mol. The number of piperazine rings is 1. The number of aromatic amines is 1. The Bertz CT molecular complexity index is 1860. The highest BCUT2D eigenvalue weighted by Gasteiger charge is 2.42. The smallest absolute Gasteiger partial charge is 0.337 e. The van der Waals surface area contributed by atoms with Crippen LogP contribution in [-0.2, 0) is 0 Å². The quantitative estimate of drug-likeness (QED) is 0.218. The molecule has 4 aromatic rings. The van der Waals surface area contributed by atoms with Crippen molar-refractivity contribution in [2.24, 2.45) is 5.41 Å². The number of ether oxygens (including phenoxy) is 1. The Balaban J connectivity index is 1.06. The molecule has 2 fully saturated rings. The van der Waals surface area contributed by atoms with Crippen molar-refractivity contribution in [1.82, 2.24) is 14.9 Å². The lowest BCUT2D eigenvalue weighted by Gasteiger charge is -2.41. The van der Waals surface area contributed by atoms with Gasteiger partial charge in [-0.3, -0.25) is 4.90 Å². The first kappa shape index (κ1) is 30.3. The molecule has 4 heterocycles. The molecule has 1 saturated heterocycles.